The Balaban J connectivity index is 2.80. The minimum Gasteiger partial charge on any atom is -0.481 e. The van der Waals surface area contributed by atoms with Gasteiger partial charge in [0.05, 0.1) is 17.8 Å². The topological polar surface area (TPSA) is 83.9 Å². The van der Waals surface area contributed by atoms with Gasteiger partial charge < -0.3 is 9.84 Å². The van der Waals surface area contributed by atoms with Crippen LogP contribution in [0.5, 0.6) is 0 Å². The van der Waals surface area contributed by atoms with Gasteiger partial charge in [-0.25, -0.2) is 12.7 Å². The van der Waals surface area contributed by atoms with Crippen molar-refractivity contribution >= 4 is 16.0 Å². The summed E-state index contributed by atoms with van der Waals surface area (Å²) >= 11 is 0. The zero-order valence-electron chi connectivity index (χ0n) is 12.4. The van der Waals surface area contributed by atoms with Gasteiger partial charge in [-0.2, -0.15) is 0 Å². The number of hydrogen-bond acceptors (Lipinski definition) is 4. The molecule has 0 radical (unpaired) electrons. The summed E-state index contributed by atoms with van der Waals surface area (Å²) in [5.74, 6) is -2.01. The molecule has 0 fully saturated rings. The summed E-state index contributed by atoms with van der Waals surface area (Å²) in [5, 5.41) is 8.86. The lowest BCUT2D eigenvalue weighted by molar-refractivity contribution is -0.141. The first-order valence-electron chi connectivity index (χ1n) is 6.52. The first-order valence-corrected chi connectivity index (χ1v) is 8.13. The van der Waals surface area contributed by atoms with E-state index < -0.39 is 28.0 Å². The van der Waals surface area contributed by atoms with Crippen LogP contribution < -0.4 is 0 Å². The first kappa shape index (κ1) is 17.6. The Morgan fingerprint density at radius 1 is 1.33 bits per heavy atom. The summed E-state index contributed by atoms with van der Waals surface area (Å²) in [6, 6.07) is 9.05. The van der Waals surface area contributed by atoms with Gasteiger partial charge in [-0.05, 0) is 5.56 Å². The van der Waals surface area contributed by atoms with Gasteiger partial charge in [-0.1, -0.05) is 37.3 Å². The Hall–Kier alpha value is -1.44. The third-order valence-electron chi connectivity index (χ3n) is 3.25. The predicted octanol–water partition coefficient (Wildman–Crippen LogP) is 1.36. The molecule has 2 unspecified atom stereocenters. The fraction of sp³-hybridized carbons (Fsp3) is 0.500. The number of sulfonamides is 1. The smallest absolute Gasteiger partial charge is 0.307 e. The van der Waals surface area contributed by atoms with E-state index in [2.05, 4.69) is 0 Å². The molecule has 21 heavy (non-hydrogen) atoms. The van der Waals surface area contributed by atoms with Crippen molar-refractivity contribution in [3.63, 3.8) is 0 Å². The lowest BCUT2D eigenvalue weighted by Crippen LogP contribution is -2.36. The van der Waals surface area contributed by atoms with Crippen molar-refractivity contribution in [2.24, 2.45) is 5.92 Å². The molecule has 0 saturated heterocycles. The van der Waals surface area contributed by atoms with Crippen LogP contribution in [-0.4, -0.2) is 50.3 Å². The summed E-state index contributed by atoms with van der Waals surface area (Å²) in [5.41, 5.74) is 0.767. The number of nitrogens with zero attached hydrogens (tertiary/aromatic N) is 1. The molecule has 0 aromatic heterocycles. The zero-order chi connectivity index (χ0) is 16.0. The molecule has 0 heterocycles. The molecule has 1 aromatic rings. The van der Waals surface area contributed by atoms with Crippen molar-refractivity contribution in [1.82, 2.24) is 4.31 Å². The first-order chi connectivity index (χ1) is 9.77. The van der Waals surface area contributed by atoms with Gasteiger partial charge >= 0.3 is 5.97 Å². The van der Waals surface area contributed by atoms with Gasteiger partial charge in [-0.15, -0.1) is 0 Å². The zero-order valence-corrected chi connectivity index (χ0v) is 13.2. The van der Waals surface area contributed by atoms with E-state index in [-0.39, 0.29) is 12.3 Å². The number of ether oxygens (including phenoxy) is 1. The fourth-order valence-electron chi connectivity index (χ4n) is 1.86. The van der Waals surface area contributed by atoms with Gasteiger partial charge in [0.1, 0.15) is 0 Å². The second kappa shape index (κ2) is 7.53. The molecule has 118 valence electrons. The van der Waals surface area contributed by atoms with Crippen molar-refractivity contribution < 1.29 is 23.1 Å². The summed E-state index contributed by atoms with van der Waals surface area (Å²) in [6.07, 6.45) is -0.584. The summed E-state index contributed by atoms with van der Waals surface area (Å²) in [4.78, 5) is 10.8. The molecule has 0 saturated carbocycles. The van der Waals surface area contributed by atoms with Crippen LogP contribution in [-0.2, 0) is 19.6 Å². The minimum absolute atomic E-state index is 0.0666. The number of benzene rings is 1. The molecular formula is C14H21NO5S. The normalized spacial score (nSPS) is 14.9. The molecule has 6 nitrogen and oxygen atoms in total. The average molecular weight is 315 g/mol. The van der Waals surface area contributed by atoms with Crippen LogP contribution in [0.2, 0.25) is 0 Å². The van der Waals surface area contributed by atoms with E-state index in [1.54, 1.807) is 12.1 Å². The Bertz CT molecular complexity index is 558. The minimum atomic E-state index is -3.60. The molecule has 1 aromatic carbocycles. The van der Waals surface area contributed by atoms with E-state index in [4.69, 9.17) is 9.84 Å². The molecule has 1 N–H and O–H groups in total. The Labute approximate surface area is 125 Å². The van der Waals surface area contributed by atoms with Crippen LogP contribution in [0.1, 0.15) is 18.6 Å². The Kier molecular flexibility index (Phi) is 6.32. The number of carboxylic acid groups (broad SMARTS) is 1. The molecule has 1 rings (SSSR count). The van der Waals surface area contributed by atoms with E-state index in [0.717, 1.165) is 9.87 Å². The van der Waals surface area contributed by atoms with E-state index in [1.807, 2.05) is 18.2 Å². The Morgan fingerprint density at radius 3 is 2.38 bits per heavy atom. The molecule has 7 heteroatoms. The number of aliphatic carboxylic acids is 1. The highest BCUT2D eigenvalue weighted by Crippen LogP contribution is 2.20. The van der Waals surface area contributed by atoms with Crippen LogP contribution in [0.15, 0.2) is 30.3 Å². The lowest BCUT2D eigenvalue weighted by Gasteiger charge is -2.22. The summed E-state index contributed by atoms with van der Waals surface area (Å²) in [7, 11) is -0.770. The highest BCUT2D eigenvalue weighted by atomic mass is 32.2. The van der Waals surface area contributed by atoms with Gasteiger partial charge in [0, 0.05) is 20.7 Å². The third-order valence-corrected chi connectivity index (χ3v) is 5.07. The van der Waals surface area contributed by atoms with Gasteiger partial charge in [-0.3, -0.25) is 4.79 Å². The number of hydrogen-bond donors (Lipinski definition) is 1. The molecular weight excluding hydrogens is 294 g/mol. The summed E-state index contributed by atoms with van der Waals surface area (Å²) in [6.45, 7) is 1.41. The number of rotatable bonds is 8. The van der Waals surface area contributed by atoms with Crippen molar-refractivity contribution in [2.75, 3.05) is 26.5 Å². The largest absolute Gasteiger partial charge is 0.481 e. The maximum atomic E-state index is 12.3. The number of methoxy groups -OCH3 is 1. The van der Waals surface area contributed by atoms with Crippen LogP contribution in [0, 0.1) is 5.92 Å². The summed E-state index contributed by atoms with van der Waals surface area (Å²) < 4.78 is 30.9. The molecule has 0 bridgehead atoms. The van der Waals surface area contributed by atoms with E-state index in [9.17, 15) is 13.2 Å². The quantitative estimate of drug-likeness (QED) is 0.783. The van der Waals surface area contributed by atoms with Gasteiger partial charge in [0.2, 0.25) is 10.0 Å². The average Bonchev–Trinajstić information content (AvgIpc) is 2.45. The predicted molar refractivity (Wildman–Crippen MR) is 79.4 cm³/mol. The number of carbonyl (C=O) groups is 1. The standard InChI is InChI=1S/C14H21NO5S/c1-11(14(16)17)9-15(2)21(18,19)10-13(20-3)12-7-5-4-6-8-12/h4-8,11,13H,9-10H2,1-3H3,(H,16,17). The van der Waals surface area contributed by atoms with Crippen molar-refractivity contribution in [2.45, 2.75) is 13.0 Å². The maximum Gasteiger partial charge on any atom is 0.307 e. The van der Waals surface area contributed by atoms with E-state index >= 15 is 0 Å². The maximum absolute atomic E-state index is 12.3. The van der Waals surface area contributed by atoms with E-state index in [0.29, 0.717) is 0 Å². The van der Waals surface area contributed by atoms with Crippen LogP contribution >= 0.6 is 0 Å². The highest BCUT2D eigenvalue weighted by molar-refractivity contribution is 7.89. The van der Waals surface area contributed by atoms with Crippen molar-refractivity contribution in [3.8, 4) is 0 Å². The Morgan fingerprint density at radius 2 is 1.90 bits per heavy atom. The lowest BCUT2D eigenvalue weighted by atomic mass is 10.1. The SMILES string of the molecule is COC(CS(=O)(=O)N(C)CC(C)C(=O)O)c1ccccc1. The van der Waals surface area contributed by atoms with Crippen LogP contribution in [0.3, 0.4) is 0 Å². The number of carboxylic acids is 1. The van der Waals surface area contributed by atoms with Crippen molar-refractivity contribution in [3.05, 3.63) is 35.9 Å². The van der Waals surface area contributed by atoms with Gasteiger partial charge in [0.15, 0.2) is 0 Å². The van der Waals surface area contributed by atoms with Crippen LogP contribution in [0.25, 0.3) is 0 Å². The van der Waals surface area contributed by atoms with Crippen LogP contribution in [0.4, 0.5) is 0 Å². The highest BCUT2D eigenvalue weighted by Gasteiger charge is 2.27. The molecule has 0 aliphatic heterocycles. The van der Waals surface area contributed by atoms with E-state index in [1.165, 1.54) is 21.1 Å². The molecule has 2 atom stereocenters. The van der Waals surface area contributed by atoms with Crippen molar-refractivity contribution in [1.29, 1.82) is 0 Å². The molecule has 0 amide bonds. The third kappa shape index (κ3) is 5.11. The van der Waals surface area contributed by atoms with Gasteiger partial charge in [0.25, 0.3) is 0 Å². The second-order valence-corrected chi connectivity index (χ2v) is 7.05. The molecule has 0 aliphatic rings. The molecule has 0 spiro atoms. The second-order valence-electron chi connectivity index (χ2n) is 4.93. The molecule has 0 aliphatic carbocycles. The monoisotopic (exact) mass is 315 g/mol. The fourth-order valence-corrected chi connectivity index (χ4v) is 3.28.